The van der Waals surface area contributed by atoms with E-state index < -0.39 is 11.9 Å². The van der Waals surface area contributed by atoms with Crippen LogP contribution in [0.15, 0.2) is 83.1 Å². The molecule has 11 heteroatoms. The van der Waals surface area contributed by atoms with Crippen LogP contribution in [0.1, 0.15) is 18.1 Å². The molecule has 0 heterocycles. The van der Waals surface area contributed by atoms with Gasteiger partial charge in [-0.25, -0.2) is 0 Å². The van der Waals surface area contributed by atoms with Crippen LogP contribution < -0.4 is 9.47 Å². The lowest BCUT2D eigenvalue weighted by Crippen LogP contribution is -2.24. The highest BCUT2D eigenvalue weighted by Crippen LogP contribution is 2.24. The molecule has 2 aromatic carbocycles. The summed E-state index contributed by atoms with van der Waals surface area (Å²) in [5.41, 5.74) is 0.591. The molecule has 0 aliphatic rings. The summed E-state index contributed by atoms with van der Waals surface area (Å²) >= 11 is 0. The first-order valence-corrected chi connectivity index (χ1v) is 11.0. The average molecular weight is 525 g/mol. The molecule has 0 radical (unpaired) electrons. The van der Waals surface area contributed by atoms with Gasteiger partial charge >= 0.3 is 6.18 Å². The Morgan fingerprint density at radius 1 is 0.730 bits per heavy atom. The number of aliphatic hydroxyl groups excluding tert-OH is 2. The van der Waals surface area contributed by atoms with Gasteiger partial charge < -0.3 is 29.4 Å². The van der Waals surface area contributed by atoms with Crippen LogP contribution in [0.3, 0.4) is 0 Å². The third-order valence-corrected chi connectivity index (χ3v) is 4.32. The summed E-state index contributed by atoms with van der Waals surface area (Å²) in [5, 5.41) is 23.9. The van der Waals surface area contributed by atoms with Crippen molar-refractivity contribution in [2.75, 3.05) is 40.6 Å². The van der Waals surface area contributed by atoms with Crippen molar-refractivity contribution < 1.29 is 42.5 Å². The molecule has 2 rings (SSSR count). The second-order valence-corrected chi connectivity index (χ2v) is 6.96. The van der Waals surface area contributed by atoms with E-state index in [4.69, 9.17) is 24.5 Å². The van der Waals surface area contributed by atoms with Gasteiger partial charge in [-0.15, -0.1) is 0 Å². The van der Waals surface area contributed by atoms with E-state index in [1.54, 1.807) is 18.2 Å². The van der Waals surface area contributed by atoms with Gasteiger partial charge in [0, 0.05) is 5.56 Å². The molecule has 37 heavy (non-hydrogen) atoms. The molecule has 0 saturated carbocycles. The molecule has 0 aromatic heterocycles. The van der Waals surface area contributed by atoms with E-state index in [2.05, 4.69) is 15.1 Å². The minimum absolute atomic E-state index is 0.0367. The number of hydrogen-bond donors (Lipinski definition) is 2. The number of halogens is 3. The fourth-order valence-electron chi connectivity index (χ4n) is 2.62. The molecule has 0 atom stereocenters. The smallest absolute Gasteiger partial charge is 0.437 e. The molecular weight excluding hydrogens is 493 g/mol. The Balaban J connectivity index is 0.000000375. The minimum atomic E-state index is -4.59. The number of oxime groups is 2. The highest BCUT2D eigenvalue weighted by atomic mass is 19.4. The number of aliphatic hydroxyl groups is 2. The van der Waals surface area contributed by atoms with Crippen molar-refractivity contribution in [3.05, 3.63) is 84.0 Å². The lowest BCUT2D eigenvalue weighted by atomic mass is 10.1. The topological polar surface area (TPSA) is 102 Å². The first-order chi connectivity index (χ1) is 17.8. The summed E-state index contributed by atoms with van der Waals surface area (Å²) in [7, 11) is 2.57. The number of hydrogen-bond acceptors (Lipinski definition) is 8. The minimum Gasteiger partial charge on any atom is -0.490 e. The van der Waals surface area contributed by atoms with Gasteiger partial charge in [-0.3, -0.25) is 0 Å². The molecule has 0 bridgehead atoms. The molecule has 0 spiro atoms. The van der Waals surface area contributed by atoms with Gasteiger partial charge in [-0.1, -0.05) is 22.5 Å². The number of alkyl halides is 3. The summed E-state index contributed by atoms with van der Waals surface area (Å²) in [5.74, 6) is 1.19. The van der Waals surface area contributed by atoms with E-state index in [0.29, 0.717) is 12.4 Å². The Labute approximate surface area is 213 Å². The molecule has 8 nitrogen and oxygen atoms in total. The van der Waals surface area contributed by atoms with Crippen molar-refractivity contribution >= 4 is 11.4 Å². The lowest BCUT2D eigenvalue weighted by molar-refractivity contribution is -0.0608. The Hall–Kier alpha value is -3.83. The molecule has 0 unspecified atom stereocenters. The molecule has 2 N–H and O–H groups in total. The largest absolute Gasteiger partial charge is 0.490 e. The Bertz CT molecular complexity index is 1020. The molecule has 0 saturated heterocycles. The zero-order chi connectivity index (χ0) is 27.5. The maximum absolute atomic E-state index is 12.7. The lowest BCUT2D eigenvalue weighted by Gasteiger charge is -2.10. The zero-order valence-electron chi connectivity index (χ0n) is 20.8. The molecule has 0 amide bonds. The van der Waals surface area contributed by atoms with Crippen LogP contribution in [0.25, 0.3) is 0 Å². The predicted octanol–water partition coefficient (Wildman–Crippen LogP) is 4.51. The van der Waals surface area contributed by atoms with Crippen LogP contribution in [-0.2, 0) is 9.68 Å². The van der Waals surface area contributed by atoms with Gasteiger partial charge in [-0.05, 0) is 73.2 Å². The third-order valence-electron chi connectivity index (χ3n) is 4.32. The van der Waals surface area contributed by atoms with Gasteiger partial charge in [0.15, 0.2) is 5.71 Å². The first-order valence-electron chi connectivity index (χ1n) is 11.0. The zero-order valence-corrected chi connectivity index (χ0v) is 20.8. The van der Waals surface area contributed by atoms with E-state index in [1.807, 2.05) is 31.2 Å². The third kappa shape index (κ3) is 12.6. The van der Waals surface area contributed by atoms with Gasteiger partial charge in [0.2, 0.25) is 0 Å². The quantitative estimate of drug-likeness (QED) is 0.241. The standard InChI is InChI=1S/C13H14F3NO3.C13H17NO3/c1-19-17-12(13(14,15)16)10-4-6-11(7-5-10)20-9-3-2-8-18;1-11(14-16-2)12-5-7-13(8-6-12)17-10-4-3-9-15/h2-7,18H,8-9H2,1H3;3-8,15H,9-10H2,1-2H3/b3-2+,17-12+;4-3+,14-11-. The van der Waals surface area contributed by atoms with Crippen molar-refractivity contribution in [3.8, 4) is 11.5 Å². The van der Waals surface area contributed by atoms with Crippen LogP contribution in [0.5, 0.6) is 11.5 Å². The van der Waals surface area contributed by atoms with E-state index in [0.717, 1.165) is 24.1 Å². The molecule has 202 valence electrons. The second-order valence-electron chi connectivity index (χ2n) is 6.96. The summed E-state index contributed by atoms with van der Waals surface area (Å²) < 4.78 is 48.8. The molecule has 2 aromatic rings. The van der Waals surface area contributed by atoms with Crippen LogP contribution in [0.4, 0.5) is 13.2 Å². The van der Waals surface area contributed by atoms with Crippen molar-refractivity contribution in [2.45, 2.75) is 13.1 Å². The predicted molar refractivity (Wildman–Crippen MR) is 135 cm³/mol. The molecule has 0 aliphatic heterocycles. The Morgan fingerprint density at radius 3 is 1.54 bits per heavy atom. The summed E-state index contributed by atoms with van der Waals surface area (Å²) in [6, 6.07) is 12.9. The maximum Gasteiger partial charge on any atom is 0.437 e. The van der Waals surface area contributed by atoms with Crippen molar-refractivity contribution in [3.63, 3.8) is 0 Å². The summed E-state index contributed by atoms with van der Waals surface area (Å²) in [6.45, 7) is 2.49. The highest BCUT2D eigenvalue weighted by molar-refractivity contribution is 6.04. The Morgan fingerprint density at radius 2 is 1.16 bits per heavy atom. The van der Waals surface area contributed by atoms with Gasteiger partial charge in [0.05, 0.1) is 18.9 Å². The number of benzene rings is 2. The summed E-state index contributed by atoms with van der Waals surface area (Å²) in [6.07, 6.45) is 1.92. The monoisotopic (exact) mass is 524 g/mol. The van der Waals surface area contributed by atoms with Crippen molar-refractivity contribution in [2.24, 2.45) is 10.3 Å². The van der Waals surface area contributed by atoms with Crippen LogP contribution in [0.2, 0.25) is 0 Å². The average Bonchev–Trinajstić information content (AvgIpc) is 2.88. The number of rotatable bonds is 12. The van der Waals surface area contributed by atoms with Gasteiger partial charge in [-0.2, -0.15) is 13.2 Å². The highest BCUT2D eigenvalue weighted by Gasteiger charge is 2.37. The molecule has 0 aliphatic carbocycles. The van der Waals surface area contributed by atoms with Crippen LogP contribution in [-0.4, -0.2) is 68.5 Å². The fourth-order valence-corrected chi connectivity index (χ4v) is 2.62. The summed E-state index contributed by atoms with van der Waals surface area (Å²) in [4.78, 5) is 8.91. The number of nitrogens with zero attached hydrogens (tertiary/aromatic N) is 2. The van der Waals surface area contributed by atoms with Crippen LogP contribution in [0, 0.1) is 0 Å². The molecule has 0 fully saturated rings. The maximum atomic E-state index is 12.7. The SMILES string of the molecule is CO/N=C(/C)c1ccc(OC/C=C/CO)cc1.CO/N=C(\c1ccc(OC/C=C/CO)cc1)C(F)(F)F. The van der Waals surface area contributed by atoms with Crippen LogP contribution >= 0.6 is 0 Å². The van der Waals surface area contributed by atoms with Crippen molar-refractivity contribution in [1.82, 2.24) is 0 Å². The van der Waals surface area contributed by atoms with E-state index >= 15 is 0 Å². The van der Waals surface area contributed by atoms with Gasteiger partial charge in [0.25, 0.3) is 0 Å². The van der Waals surface area contributed by atoms with Crippen molar-refractivity contribution in [1.29, 1.82) is 0 Å². The fraction of sp³-hybridized carbons (Fsp3) is 0.308. The van der Waals surface area contributed by atoms with E-state index in [-0.39, 0.29) is 25.4 Å². The first kappa shape index (κ1) is 31.2. The van der Waals surface area contributed by atoms with E-state index in [1.165, 1.54) is 37.5 Å². The normalized spacial score (nSPS) is 12.3. The molecular formula is C26H31F3N2O6. The number of ether oxygens (including phenoxy) is 2. The van der Waals surface area contributed by atoms with Gasteiger partial charge in [0.1, 0.15) is 38.9 Å². The second kappa shape index (κ2) is 17.6. The van der Waals surface area contributed by atoms with E-state index in [9.17, 15) is 13.2 Å². The Kier molecular flexibility index (Phi) is 14.8.